The van der Waals surface area contributed by atoms with Crippen LogP contribution in [0.4, 0.5) is 5.69 Å². The highest BCUT2D eigenvalue weighted by molar-refractivity contribution is 6.33. The van der Waals surface area contributed by atoms with E-state index >= 15 is 0 Å². The molecule has 1 rings (SSSR count). The summed E-state index contributed by atoms with van der Waals surface area (Å²) in [4.78, 5) is 3.91. The Morgan fingerprint density at radius 1 is 1.53 bits per heavy atom. The lowest BCUT2D eigenvalue weighted by molar-refractivity contribution is 0.220. The van der Waals surface area contributed by atoms with E-state index in [0.717, 1.165) is 18.7 Å². The molecule has 0 aromatic carbocycles. The summed E-state index contributed by atoms with van der Waals surface area (Å²) < 4.78 is 0. The van der Waals surface area contributed by atoms with E-state index in [9.17, 15) is 0 Å². The van der Waals surface area contributed by atoms with Crippen LogP contribution in [-0.2, 0) is 0 Å². The number of aromatic nitrogens is 1. The van der Waals surface area contributed by atoms with Gasteiger partial charge in [-0.2, -0.15) is 0 Å². The van der Waals surface area contributed by atoms with Crippen molar-refractivity contribution in [2.75, 3.05) is 18.5 Å². The van der Waals surface area contributed by atoms with Crippen LogP contribution in [0.25, 0.3) is 0 Å². The van der Waals surface area contributed by atoms with Gasteiger partial charge >= 0.3 is 0 Å². The zero-order chi connectivity index (χ0) is 11.3. The normalized spacial score (nSPS) is 11.5. The van der Waals surface area contributed by atoms with Crippen LogP contribution in [0, 0.1) is 5.41 Å². The number of hydrogen-bond acceptors (Lipinski definition) is 3. The van der Waals surface area contributed by atoms with E-state index in [-0.39, 0.29) is 12.0 Å². The van der Waals surface area contributed by atoms with Crippen molar-refractivity contribution in [3.05, 3.63) is 23.5 Å². The average Bonchev–Trinajstić information content (AvgIpc) is 2.16. The summed E-state index contributed by atoms with van der Waals surface area (Å²) in [6.07, 6.45) is 4.08. The molecule has 4 heteroatoms. The number of nitrogens with zero attached hydrogens (tertiary/aromatic N) is 1. The first-order chi connectivity index (χ1) is 7.05. The number of aliphatic hydroxyl groups is 1. The number of anilines is 1. The molecule has 0 bridgehead atoms. The molecule has 0 fully saturated rings. The predicted molar refractivity (Wildman–Crippen MR) is 63.2 cm³/mol. The van der Waals surface area contributed by atoms with E-state index < -0.39 is 0 Å². The smallest absolute Gasteiger partial charge is 0.0820 e. The number of halogens is 1. The van der Waals surface area contributed by atoms with Crippen molar-refractivity contribution in [3.63, 3.8) is 0 Å². The predicted octanol–water partition coefficient (Wildman–Crippen LogP) is 2.56. The van der Waals surface area contributed by atoms with Gasteiger partial charge < -0.3 is 10.4 Å². The van der Waals surface area contributed by atoms with Crippen molar-refractivity contribution in [2.45, 2.75) is 20.3 Å². The van der Waals surface area contributed by atoms with Crippen molar-refractivity contribution in [3.8, 4) is 0 Å². The summed E-state index contributed by atoms with van der Waals surface area (Å²) in [7, 11) is 0. The van der Waals surface area contributed by atoms with Gasteiger partial charge in [-0.15, -0.1) is 0 Å². The molecule has 1 aromatic heterocycles. The maximum absolute atomic E-state index is 8.89. The third-order valence-electron chi connectivity index (χ3n) is 2.32. The van der Waals surface area contributed by atoms with Gasteiger partial charge in [0.05, 0.1) is 10.7 Å². The molecule has 0 radical (unpaired) electrons. The fourth-order valence-corrected chi connectivity index (χ4v) is 1.43. The van der Waals surface area contributed by atoms with Gasteiger partial charge in [0.2, 0.25) is 0 Å². The molecule has 3 nitrogen and oxygen atoms in total. The van der Waals surface area contributed by atoms with Gasteiger partial charge in [0.1, 0.15) is 0 Å². The Bertz CT molecular complexity index is 315. The third-order valence-corrected chi connectivity index (χ3v) is 2.62. The Balaban J connectivity index is 2.53. The molecular weight excluding hydrogens is 212 g/mol. The van der Waals surface area contributed by atoms with E-state index in [4.69, 9.17) is 16.7 Å². The molecule has 0 saturated carbocycles. The first kappa shape index (κ1) is 12.3. The molecule has 0 spiro atoms. The standard InChI is InChI=1S/C11H17ClN2O/c1-11(2,4-6-15)8-14-10-3-5-13-7-9(10)12/h3,5,7,15H,4,6,8H2,1-2H3,(H,13,14). The quantitative estimate of drug-likeness (QED) is 0.814. The van der Waals surface area contributed by atoms with E-state index in [1.165, 1.54) is 0 Å². The number of rotatable bonds is 5. The van der Waals surface area contributed by atoms with Gasteiger partial charge in [0, 0.05) is 25.5 Å². The molecule has 2 N–H and O–H groups in total. The second kappa shape index (κ2) is 5.33. The SMILES string of the molecule is CC(C)(CCO)CNc1ccncc1Cl. The largest absolute Gasteiger partial charge is 0.396 e. The van der Waals surface area contributed by atoms with Crippen LogP contribution in [0.1, 0.15) is 20.3 Å². The fourth-order valence-electron chi connectivity index (χ4n) is 1.24. The van der Waals surface area contributed by atoms with Crippen molar-refractivity contribution >= 4 is 17.3 Å². The van der Waals surface area contributed by atoms with E-state index in [0.29, 0.717) is 5.02 Å². The first-order valence-corrected chi connectivity index (χ1v) is 5.37. The van der Waals surface area contributed by atoms with E-state index in [1.54, 1.807) is 12.4 Å². The highest BCUT2D eigenvalue weighted by atomic mass is 35.5. The van der Waals surface area contributed by atoms with Crippen LogP contribution in [0.5, 0.6) is 0 Å². The second-order valence-electron chi connectivity index (χ2n) is 4.35. The minimum absolute atomic E-state index is 0.0569. The van der Waals surface area contributed by atoms with Gasteiger partial charge in [-0.25, -0.2) is 0 Å². The lowest BCUT2D eigenvalue weighted by Crippen LogP contribution is -2.24. The van der Waals surface area contributed by atoms with Crippen molar-refractivity contribution in [2.24, 2.45) is 5.41 Å². The lowest BCUT2D eigenvalue weighted by Gasteiger charge is -2.24. The molecule has 0 saturated heterocycles. The van der Waals surface area contributed by atoms with Crippen LogP contribution in [0.3, 0.4) is 0 Å². The summed E-state index contributed by atoms with van der Waals surface area (Å²) in [6.45, 7) is 5.19. The Labute approximate surface area is 95.5 Å². The molecule has 0 aliphatic heterocycles. The van der Waals surface area contributed by atoms with Crippen molar-refractivity contribution in [1.82, 2.24) is 4.98 Å². The summed E-state index contributed by atoms with van der Waals surface area (Å²) in [6, 6.07) is 1.84. The lowest BCUT2D eigenvalue weighted by atomic mass is 9.90. The third kappa shape index (κ3) is 4.06. The minimum atomic E-state index is 0.0569. The molecule has 1 heterocycles. The molecule has 15 heavy (non-hydrogen) atoms. The molecule has 0 atom stereocenters. The summed E-state index contributed by atoms with van der Waals surface area (Å²) in [5, 5.41) is 12.8. The first-order valence-electron chi connectivity index (χ1n) is 4.99. The van der Waals surface area contributed by atoms with Gasteiger partial charge in [-0.1, -0.05) is 25.4 Å². The van der Waals surface area contributed by atoms with Gasteiger partial charge in [0.25, 0.3) is 0 Å². The molecule has 0 aliphatic carbocycles. The van der Waals surface area contributed by atoms with Crippen LogP contribution < -0.4 is 5.32 Å². The number of hydrogen-bond donors (Lipinski definition) is 2. The zero-order valence-electron chi connectivity index (χ0n) is 9.13. The number of aliphatic hydroxyl groups excluding tert-OH is 1. The maximum atomic E-state index is 8.89. The van der Waals surface area contributed by atoms with E-state index in [2.05, 4.69) is 24.1 Å². The maximum Gasteiger partial charge on any atom is 0.0820 e. The number of pyridine rings is 1. The summed E-state index contributed by atoms with van der Waals surface area (Å²) in [5.74, 6) is 0. The molecular formula is C11H17ClN2O. The molecule has 1 aromatic rings. The average molecular weight is 229 g/mol. The van der Waals surface area contributed by atoms with Gasteiger partial charge in [0.15, 0.2) is 0 Å². The highest BCUT2D eigenvalue weighted by Crippen LogP contribution is 2.24. The van der Waals surface area contributed by atoms with E-state index in [1.807, 2.05) is 6.07 Å². The molecule has 84 valence electrons. The summed E-state index contributed by atoms with van der Waals surface area (Å²) >= 11 is 5.96. The summed E-state index contributed by atoms with van der Waals surface area (Å²) in [5.41, 5.74) is 0.944. The van der Waals surface area contributed by atoms with Gasteiger partial charge in [-0.3, -0.25) is 4.98 Å². The second-order valence-corrected chi connectivity index (χ2v) is 4.75. The Morgan fingerprint density at radius 3 is 2.87 bits per heavy atom. The Hall–Kier alpha value is -0.800. The molecule has 0 unspecified atom stereocenters. The molecule has 0 aliphatic rings. The Morgan fingerprint density at radius 2 is 2.27 bits per heavy atom. The zero-order valence-corrected chi connectivity index (χ0v) is 9.88. The topological polar surface area (TPSA) is 45.1 Å². The van der Waals surface area contributed by atoms with Gasteiger partial charge in [-0.05, 0) is 17.9 Å². The minimum Gasteiger partial charge on any atom is -0.396 e. The van der Waals surface area contributed by atoms with Crippen molar-refractivity contribution < 1.29 is 5.11 Å². The van der Waals surface area contributed by atoms with Crippen LogP contribution in [-0.4, -0.2) is 23.2 Å². The monoisotopic (exact) mass is 228 g/mol. The molecule has 0 amide bonds. The highest BCUT2D eigenvalue weighted by Gasteiger charge is 2.16. The number of nitrogens with one attached hydrogen (secondary N) is 1. The van der Waals surface area contributed by atoms with Crippen molar-refractivity contribution in [1.29, 1.82) is 0 Å². The van der Waals surface area contributed by atoms with Crippen LogP contribution in [0.2, 0.25) is 5.02 Å². The fraction of sp³-hybridized carbons (Fsp3) is 0.545. The van der Waals surface area contributed by atoms with Crippen LogP contribution >= 0.6 is 11.6 Å². The Kier molecular flexibility index (Phi) is 4.36. The van der Waals surface area contributed by atoms with Crippen LogP contribution in [0.15, 0.2) is 18.5 Å².